The number of hydrogen-bond acceptors (Lipinski definition) is 6. The van der Waals surface area contributed by atoms with Crippen molar-refractivity contribution >= 4 is 133 Å². The first kappa shape index (κ1) is 85.3. The van der Waals surface area contributed by atoms with Crippen LogP contribution in [0.5, 0.6) is 0 Å². The third-order valence-corrected chi connectivity index (χ3v) is 28.2. The summed E-state index contributed by atoms with van der Waals surface area (Å²) in [4.78, 5) is 13.2. The van der Waals surface area contributed by atoms with Crippen molar-refractivity contribution in [3.8, 4) is 101 Å². The fourth-order valence-corrected chi connectivity index (χ4v) is 21.2. The quantitative estimate of drug-likeness (QED) is 0.0752. The second kappa shape index (κ2) is 36.1. The highest BCUT2D eigenvalue weighted by Crippen LogP contribution is 2.55. The van der Waals surface area contributed by atoms with E-state index in [1.54, 1.807) is 12.4 Å². The maximum Gasteiger partial charge on any atom is 0.137 e. The molecule has 0 amide bonds. The Morgan fingerprint density at radius 2 is 0.526 bits per heavy atom. The van der Waals surface area contributed by atoms with Crippen LogP contribution in [-0.4, -0.2) is 9.97 Å². The van der Waals surface area contributed by atoms with Crippen molar-refractivity contribution in [1.29, 1.82) is 10.5 Å². The molecule has 0 aliphatic heterocycles. The molecule has 0 N–H and O–H groups in total. The predicted molar refractivity (Wildman–Crippen MR) is 580 cm³/mol. The van der Waals surface area contributed by atoms with Crippen LogP contribution in [0.1, 0.15) is 77.8 Å². The Morgan fingerprint density at radius 1 is 0.255 bits per heavy atom. The van der Waals surface area contributed by atoms with Gasteiger partial charge >= 0.3 is 0 Å². The second-order valence-electron chi connectivity index (χ2n) is 36.2. The van der Waals surface area contributed by atoms with Crippen LogP contribution in [0.15, 0.2) is 460 Å². The minimum atomic E-state index is -0.0671. The van der Waals surface area contributed by atoms with Crippen molar-refractivity contribution in [3.63, 3.8) is 0 Å². The number of benzene rings is 20. The minimum Gasteiger partial charge on any atom is -0.295 e. The van der Waals surface area contributed by atoms with Crippen molar-refractivity contribution in [2.75, 3.05) is 9.80 Å². The Hall–Kier alpha value is -17.2. The predicted octanol–water partition coefficient (Wildman–Crippen LogP) is 35.6. The SMILES string of the molecule is C=Cc1ccc(-c2c3ccccc3c(-c3ccc(-c4ccc5c(c4)C(C)(C)c4ccccc4-5)c4ccccc34)c3ccccc23)cc1.CC1(C)c2ccccc2-c2ccc(-c3ccc(-c4c5ccccc5c(-c5ccc(/C=C/c6ccc(N(c7ccc(C#N)cc7)c7ccccn7)cc6)cc5)c5ccccc45)c4ccccc34)cc21.N#Cc1ccc(N(c2ccc(Br)cc2)c2ccccn2)cc1. The maximum atomic E-state index is 9.37. The first-order valence-electron chi connectivity index (χ1n) is 46.5. The van der Waals surface area contributed by atoms with Gasteiger partial charge in [0.05, 0.1) is 23.3 Å². The minimum absolute atomic E-state index is 0.0384. The standard InChI is InChI=1S/C65H45N3.C47H34.C18H12BrN3/c1-65(2)60-20-10-9-15-53(60)54-37-32-47(41-61(54)65)50-38-39-59(52-14-4-3-13-51(50)52)64-57-18-7-5-16-55(57)63(56-17-6-8-19-58(56)64)46-30-24-43(25-31-46)22-23-44-26-33-48(34-27-44)68(62-21-11-12-40-67-62)49-35-28-45(42-66)29-36-49;1-4-30-21-23-31(24-22-30)45-38-16-7-9-18-40(38)46(41-19-10-8-17-39(41)45)42-28-27-33(34-13-5-6-14-35(34)42)32-25-26-37-36-15-11-12-20-43(36)47(2,3)44(37)29-32;19-15-6-10-17(11-7-15)22(18-3-1-2-12-21-18)16-8-4-14(13-20)5-9-16/h3-41H,1-2H3;4-29H,1H2,2-3H3;1-12H/b23-22+;;. The summed E-state index contributed by atoms with van der Waals surface area (Å²) in [5.74, 6) is 1.63. The number of fused-ring (bicyclic) bond motifs is 12. The molecule has 22 aromatic rings. The van der Waals surface area contributed by atoms with Crippen molar-refractivity contribution < 1.29 is 0 Å². The third kappa shape index (κ3) is 15.7. The highest BCUT2D eigenvalue weighted by atomic mass is 79.9. The monoisotopic (exact) mass is 1810 g/mol. The van der Waals surface area contributed by atoms with Crippen molar-refractivity contribution in [2.24, 2.45) is 0 Å². The van der Waals surface area contributed by atoms with Gasteiger partial charge in [-0.05, 0) is 314 Å². The van der Waals surface area contributed by atoms with Crippen LogP contribution in [0.4, 0.5) is 34.4 Å². The Bertz CT molecular complexity index is 8470. The van der Waals surface area contributed by atoms with E-state index in [0.717, 1.165) is 55.5 Å². The Labute approximate surface area is 807 Å². The molecule has 2 aliphatic rings. The fourth-order valence-electron chi connectivity index (χ4n) is 21.0. The zero-order chi connectivity index (χ0) is 92.8. The number of rotatable bonds is 15. The molecule has 2 aliphatic carbocycles. The van der Waals surface area contributed by atoms with Crippen LogP contribution in [0.2, 0.25) is 0 Å². The molecule has 7 heteroatoms. The van der Waals surface area contributed by atoms with E-state index < -0.39 is 0 Å². The molecule has 0 unspecified atom stereocenters. The first-order chi connectivity index (χ1) is 67.3. The summed E-state index contributed by atoms with van der Waals surface area (Å²) in [6.45, 7) is 13.4. The highest BCUT2D eigenvalue weighted by molar-refractivity contribution is 9.10. The molecule has 0 bridgehead atoms. The molecular weight excluding hydrogens is 1730 g/mol. The second-order valence-corrected chi connectivity index (χ2v) is 37.1. The van der Waals surface area contributed by atoms with Crippen LogP contribution in [0.25, 0.3) is 172 Å². The van der Waals surface area contributed by atoms with E-state index in [-0.39, 0.29) is 10.8 Å². The lowest BCUT2D eigenvalue weighted by Gasteiger charge is -2.24. The summed E-state index contributed by atoms with van der Waals surface area (Å²) < 4.78 is 1.03. The lowest BCUT2D eigenvalue weighted by molar-refractivity contribution is 0.660. The van der Waals surface area contributed by atoms with Crippen LogP contribution < -0.4 is 9.80 Å². The molecule has 137 heavy (non-hydrogen) atoms. The van der Waals surface area contributed by atoms with Gasteiger partial charge in [-0.25, -0.2) is 9.97 Å². The molecule has 0 radical (unpaired) electrons. The summed E-state index contributed by atoms with van der Waals surface area (Å²) in [5, 5.41) is 33.4. The number of anilines is 6. The molecule has 0 fully saturated rings. The van der Waals surface area contributed by atoms with E-state index >= 15 is 0 Å². The van der Waals surface area contributed by atoms with Gasteiger partial charge in [0.15, 0.2) is 0 Å². The van der Waals surface area contributed by atoms with Gasteiger partial charge in [0.2, 0.25) is 0 Å². The van der Waals surface area contributed by atoms with Crippen molar-refractivity contribution in [3.05, 3.63) is 510 Å². The molecule has 20 aromatic carbocycles. The molecule has 0 saturated heterocycles. The molecule has 0 spiro atoms. The van der Waals surface area contributed by atoms with Crippen molar-refractivity contribution in [1.82, 2.24) is 9.97 Å². The van der Waals surface area contributed by atoms with E-state index in [2.05, 4.69) is 417 Å². The summed E-state index contributed by atoms with van der Waals surface area (Å²) in [6, 6.07) is 160. The smallest absolute Gasteiger partial charge is 0.137 e. The van der Waals surface area contributed by atoms with Gasteiger partial charge in [-0.15, -0.1) is 0 Å². The van der Waals surface area contributed by atoms with Crippen molar-refractivity contribution in [2.45, 2.75) is 38.5 Å². The Morgan fingerprint density at radius 3 is 0.869 bits per heavy atom. The molecule has 0 atom stereocenters. The normalized spacial score (nSPS) is 12.4. The Balaban J connectivity index is 0.000000135. The number of pyridine rings is 2. The van der Waals surface area contributed by atoms with Gasteiger partial charge in [0.25, 0.3) is 0 Å². The number of halogens is 1. The fraction of sp³-hybridized carbons (Fsp3) is 0.0462. The summed E-state index contributed by atoms with van der Waals surface area (Å²) in [7, 11) is 0. The highest BCUT2D eigenvalue weighted by Gasteiger charge is 2.38. The van der Waals surface area contributed by atoms with E-state index in [9.17, 15) is 5.26 Å². The van der Waals surface area contributed by atoms with Crippen LogP contribution >= 0.6 is 15.9 Å². The molecule has 6 nitrogen and oxygen atoms in total. The van der Waals surface area contributed by atoms with Gasteiger partial charge in [0.1, 0.15) is 11.6 Å². The van der Waals surface area contributed by atoms with E-state index in [1.165, 1.54) is 176 Å². The molecule has 2 aromatic heterocycles. The maximum absolute atomic E-state index is 9.37. The Kier molecular flexibility index (Phi) is 22.5. The molecule has 24 rings (SSSR count). The largest absolute Gasteiger partial charge is 0.295 e. The van der Waals surface area contributed by atoms with Gasteiger partial charge in [-0.2, -0.15) is 10.5 Å². The van der Waals surface area contributed by atoms with Crippen LogP contribution in [0.3, 0.4) is 0 Å². The zero-order valence-corrected chi connectivity index (χ0v) is 77.8. The van der Waals surface area contributed by atoms with Gasteiger partial charge in [-0.1, -0.05) is 384 Å². The molecule has 0 saturated carbocycles. The van der Waals surface area contributed by atoms with E-state index in [4.69, 9.17) is 5.26 Å². The average molecular weight is 1820 g/mol. The lowest BCUT2D eigenvalue weighted by Crippen LogP contribution is -2.14. The third-order valence-electron chi connectivity index (χ3n) is 27.6. The van der Waals surface area contributed by atoms with Gasteiger partial charge in [-0.3, -0.25) is 9.80 Å². The first-order valence-corrected chi connectivity index (χ1v) is 47.3. The number of nitriles is 2. The molecule has 2 heterocycles. The summed E-state index contributed by atoms with van der Waals surface area (Å²) >= 11 is 3.46. The number of nitrogens with zero attached hydrogens (tertiary/aromatic N) is 6. The summed E-state index contributed by atoms with van der Waals surface area (Å²) in [5.41, 5.74) is 34.4. The number of aromatic nitrogens is 2. The van der Waals surface area contributed by atoms with E-state index in [1.807, 2.05) is 120 Å². The van der Waals surface area contributed by atoms with Crippen LogP contribution in [-0.2, 0) is 10.8 Å². The zero-order valence-electron chi connectivity index (χ0n) is 76.2. The van der Waals surface area contributed by atoms with Gasteiger partial charge in [0, 0.05) is 50.4 Å². The van der Waals surface area contributed by atoms with E-state index in [0.29, 0.717) is 11.1 Å². The molecule has 648 valence electrons. The van der Waals surface area contributed by atoms with Crippen LogP contribution in [0, 0.1) is 22.7 Å². The lowest BCUT2D eigenvalue weighted by atomic mass is 9.81. The average Bonchev–Trinajstić information content (AvgIpc) is 1.71. The topological polar surface area (TPSA) is 79.8 Å². The summed E-state index contributed by atoms with van der Waals surface area (Å²) in [6.07, 6.45) is 9.80. The number of hydrogen-bond donors (Lipinski definition) is 0. The molecular formula is C130H91BrN6. The van der Waals surface area contributed by atoms with Gasteiger partial charge < -0.3 is 0 Å².